The highest BCUT2D eigenvalue weighted by Gasteiger charge is 2.34. The quantitative estimate of drug-likeness (QED) is 0.865. The van der Waals surface area contributed by atoms with Crippen LogP contribution in [-0.4, -0.2) is 37.3 Å². The van der Waals surface area contributed by atoms with Gasteiger partial charge >= 0.3 is 0 Å². The van der Waals surface area contributed by atoms with Crippen LogP contribution in [0.4, 0.5) is 0 Å². The van der Waals surface area contributed by atoms with Gasteiger partial charge < -0.3 is 9.42 Å². The average Bonchev–Trinajstić information content (AvgIpc) is 3.35. The van der Waals surface area contributed by atoms with Crippen molar-refractivity contribution in [2.75, 3.05) is 6.54 Å². The number of rotatable bonds is 3. The molecule has 7 heteroatoms. The normalized spacial score (nSPS) is 22.2. The first kappa shape index (κ1) is 15.4. The molecule has 1 aliphatic heterocycles. The molecular weight excluding hydrogens is 306 g/mol. The standard InChI is InChI=1S/C17H23N5O2/c1-12-19-16(20-24-12)15-8-5-9-21(15)17(23)13-10-18-22(11-13)14-6-3-2-4-7-14/h10-11,14-15H,2-9H2,1H3/t15-/m0/s1. The SMILES string of the molecule is Cc1nc([C@@H]2CCCN2C(=O)c2cnn(C3CCCCC3)c2)no1. The van der Waals surface area contributed by atoms with Crippen molar-refractivity contribution < 1.29 is 9.32 Å². The van der Waals surface area contributed by atoms with Crippen LogP contribution < -0.4 is 0 Å². The number of likely N-dealkylation sites (tertiary alicyclic amines) is 1. The van der Waals surface area contributed by atoms with E-state index in [-0.39, 0.29) is 11.9 Å². The summed E-state index contributed by atoms with van der Waals surface area (Å²) < 4.78 is 7.06. The van der Waals surface area contributed by atoms with Crippen LogP contribution >= 0.6 is 0 Å². The number of nitrogens with zero attached hydrogens (tertiary/aromatic N) is 5. The summed E-state index contributed by atoms with van der Waals surface area (Å²) in [6, 6.07) is 0.350. The predicted octanol–water partition coefficient (Wildman–Crippen LogP) is 3.06. The van der Waals surface area contributed by atoms with E-state index < -0.39 is 0 Å². The van der Waals surface area contributed by atoms with E-state index >= 15 is 0 Å². The highest BCUT2D eigenvalue weighted by atomic mass is 16.5. The highest BCUT2D eigenvalue weighted by Crippen LogP contribution is 2.32. The third-order valence-corrected chi connectivity index (χ3v) is 5.15. The van der Waals surface area contributed by atoms with Crippen LogP contribution in [0, 0.1) is 6.92 Å². The van der Waals surface area contributed by atoms with Crippen molar-refractivity contribution in [3.05, 3.63) is 29.7 Å². The summed E-state index contributed by atoms with van der Waals surface area (Å²) in [5.41, 5.74) is 0.660. The smallest absolute Gasteiger partial charge is 0.257 e. The van der Waals surface area contributed by atoms with Crippen molar-refractivity contribution in [3.63, 3.8) is 0 Å². The largest absolute Gasteiger partial charge is 0.340 e. The summed E-state index contributed by atoms with van der Waals surface area (Å²) in [6.07, 6.45) is 11.6. The van der Waals surface area contributed by atoms with E-state index in [1.54, 1.807) is 13.1 Å². The summed E-state index contributed by atoms with van der Waals surface area (Å²) in [7, 11) is 0. The minimum Gasteiger partial charge on any atom is -0.340 e. The molecule has 0 radical (unpaired) electrons. The average molecular weight is 329 g/mol. The van der Waals surface area contributed by atoms with Gasteiger partial charge in [-0.25, -0.2) is 0 Å². The van der Waals surface area contributed by atoms with Crippen molar-refractivity contribution in [1.82, 2.24) is 24.8 Å². The molecule has 1 saturated carbocycles. The van der Waals surface area contributed by atoms with E-state index in [1.807, 2.05) is 15.8 Å². The molecule has 1 atom stereocenters. The maximum atomic E-state index is 12.9. The Morgan fingerprint density at radius 1 is 1.21 bits per heavy atom. The minimum atomic E-state index is -0.0898. The van der Waals surface area contributed by atoms with Gasteiger partial charge in [0.1, 0.15) is 0 Å². The van der Waals surface area contributed by atoms with E-state index in [1.165, 1.54) is 19.3 Å². The molecule has 2 aliphatic rings. The number of hydrogen-bond acceptors (Lipinski definition) is 5. The minimum absolute atomic E-state index is 0.0158. The van der Waals surface area contributed by atoms with Crippen molar-refractivity contribution in [1.29, 1.82) is 0 Å². The highest BCUT2D eigenvalue weighted by molar-refractivity contribution is 5.94. The van der Waals surface area contributed by atoms with E-state index in [4.69, 9.17) is 4.52 Å². The first-order chi connectivity index (χ1) is 11.7. The Hall–Kier alpha value is -2.18. The van der Waals surface area contributed by atoms with E-state index in [9.17, 15) is 4.79 Å². The van der Waals surface area contributed by atoms with Crippen molar-refractivity contribution >= 4 is 5.91 Å². The Balaban J connectivity index is 1.51. The Morgan fingerprint density at radius 3 is 2.79 bits per heavy atom. The molecule has 2 fully saturated rings. The van der Waals surface area contributed by atoms with Crippen LogP contribution in [0.5, 0.6) is 0 Å². The summed E-state index contributed by atoms with van der Waals surface area (Å²) in [5, 5.41) is 8.46. The Morgan fingerprint density at radius 2 is 2.04 bits per heavy atom. The number of amides is 1. The topological polar surface area (TPSA) is 77.1 Å². The third-order valence-electron chi connectivity index (χ3n) is 5.15. The zero-order valence-electron chi connectivity index (χ0n) is 14.0. The van der Waals surface area contributed by atoms with Gasteiger partial charge in [0.2, 0.25) is 5.89 Å². The van der Waals surface area contributed by atoms with Gasteiger partial charge in [-0.05, 0) is 25.7 Å². The maximum Gasteiger partial charge on any atom is 0.257 e. The first-order valence-electron chi connectivity index (χ1n) is 8.88. The van der Waals surface area contributed by atoms with Gasteiger partial charge in [0.05, 0.1) is 23.8 Å². The van der Waals surface area contributed by atoms with Crippen LogP contribution in [0.2, 0.25) is 0 Å². The molecule has 3 heterocycles. The molecule has 4 rings (SSSR count). The second kappa shape index (κ2) is 6.37. The molecule has 0 spiro atoms. The van der Waals surface area contributed by atoms with E-state index in [0.29, 0.717) is 23.3 Å². The molecule has 0 N–H and O–H groups in total. The lowest BCUT2D eigenvalue weighted by molar-refractivity contribution is 0.0728. The molecule has 24 heavy (non-hydrogen) atoms. The van der Waals surface area contributed by atoms with Crippen molar-refractivity contribution in [3.8, 4) is 0 Å². The fraction of sp³-hybridized carbons (Fsp3) is 0.647. The molecule has 2 aromatic rings. The number of carbonyl (C=O) groups is 1. The van der Waals surface area contributed by atoms with Crippen molar-refractivity contribution in [2.24, 2.45) is 0 Å². The molecule has 2 aromatic heterocycles. The van der Waals surface area contributed by atoms with Gasteiger partial charge in [0, 0.05) is 19.7 Å². The predicted molar refractivity (Wildman–Crippen MR) is 86.4 cm³/mol. The summed E-state index contributed by atoms with van der Waals surface area (Å²) in [5.74, 6) is 1.16. The zero-order chi connectivity index (χ0) is 16.5. The number of aryl methyl sites for hydroxylation is 1. The lowest BCUT2D eigenvalue weighted by Crippen LogP contribution is -2.31. The third kappa shape index (κ3) is 2.83. The molecule has 1 saturated heterocycles. The van der Waals surface area contributed by atoms with Gasteiger partial charge in [-0.15, -0.1) is 0 Å². The summed E-state index contributed by atoms with van der Waals surface area (Å²) in [6.45, 7) is 2.50. The molecule has 0 unspecified atom stereocenters. The second-order valence-electron chi connectivity index (χ2n) is 6.83. The Kier molecular flexibility index (Phi) is 4.08. The fourth-order valence-corrected chi connectivity index (χ4v) is 3.89. The van der Waals surface area contributed by atoms with Crippen LogP contribution in [0.1, 0.15) is 79.1 Å². The molecule has 128 valence electrons. The van der Waals surface area contributed by atoms with Gasteiger partial charge in [0.25, 0.3) is 5.91 Å². The summed E-state index contributed by atoms with van der Waals surface area (Å²) in [4.78, 5) is 19.1. The van der Waals surface area contributed by atoms with Gasteiger partial charge in [-0.3, -0.25) is 9.48 Å². The number of aromatic nitrogens is 4. The maximum absolute atomic E-state index is 12.9. The van der Waals surface area contributed by atoms with E-state index in [0.717, 1.165) is 32.2 Å². The molecule has 7 nitrogen and oxygen atoms in total. The number of hydrogen-bond donors (Lipinski definition) is 0. The lowest BCUT2D eigenvalue weighted by Gasteiger charge is -2.22. The van der Waals surface area contributed by atoms with Crippen LogP contribution in [-0.2, 0) is 0 Å². The van der Waals surface area contributed by atoms with Crippen LogP contribution in [0.3, 0.4) is 0 Å². The second-order valence-corrected chi connectivity index (χ2v) is 6.83. The molecule has 1 amide bonds. The molecule has 0 aromatic carbocycles. The van der Waals surface area contributed by atoms with Gasteiger partial charge in [-0.2, -0.15) is 10.1 Å². The van der Waals surface area contributed by atoms with Gasteiger partial charge in [0.15, 0.2) is 5.82 Å². The van der Waals surface area contributed by atoms with Gasteiger partial charge in [-0.1, -0.05) is 24.4 Å². The molecular formula is C17H23N5O2. The Bertz CT molecular complexity index is 716. The fourth-order valence-electron chi connectivity index (χ4n) is 3.89. The molecule has 1 aliphatic carbocycles. The zero-order valence-corrected chi connectivity index (χ0v) is 14.0. The Labute approximate surface area is 141 Å². The lowest BCUT2D eigenvalue weighted by atomic mass is 9.96. The van der Waals surface area contributed by atoms with Crippen molar-refractivity contribution in [2.45, 2.75) is 64.0 Å². The van der Waals surface area contributed by atoms with E-state index in [2.05, 4.69) is 15.2 Å². The van der Waals surface area contributed by atoms with Crippen LogP contribution in [0.15, 0.2) is 16.9 Å². The van der Waals surface area contributed by atoms with Crippen LogP contribution in [0.25, 0.3) is 0 Å². The first-order valence-corrected chi connectivity index (χ1v) is 8.88. The monoisotopic (exact) mass is 329 g/mol. The molecule has 0 bridgehead atoms. The summed E-state index contributed by atoms with van der Waals surface area (Å²) >= 11 is 0. The number of carbonyl (C=O) groups excluding carboxylic acids is 1.